The van der Waals surface area contributed by atoms with Crippen molar-refractivity contribution in [2.75, 3.05) is 0 Å². The highest BCUT2D eigenvalue weighted by Gasteiger charge is 2.71. The minimum absolute atomic E-state index is 0.107. The molecule has 2 heterocycles. The molecule has 4 nitrogen and oxygen atoms in total. The van der Waals surface area contributed by atoms with Crippen molar-refractivity contribution in [3.05, 3.63) is 24.3 Å². The molecule has 4 heteroatoms. The zero-order chi connectivity index (χ0) is 13.5. The Hall–Kier alpha value is -1.13. The number of hydrogen-bond donors (Lipinski definition) is 1. The third-order valence-electron chi connectivity index (χ3n) is 5.57. The molecule has 2 saturated carbocycles. The first-order chi connectivity index (χ1) is 8.93. The van der Waals surface area contributed by atoms with E-state index in [9.17, 15) is 9.90 Å². The molecule has 7 atom stereocenters. The summed E-state index contributed by atoms with van der Waals surface area (Å²) in [5, 5.41) is 10.4. The maximum Gasteiger partial charge on any atom is 0.334 e. The van der Waals surface area contributed by atoms with Crippen LogP contribution in [-0.2, 0) is 14.3 Å². The van der Waals surface area contributed by atoms with Gasteiger partial charge in [-0.2, -0.15) is 0 Å². The summed E-state index contributed by atoms with van der Waals surface area (Å²) in [6.45, 7) is 10.0. The molecule has 2 saturated heterocycles. The van der Waals surface area contributed by atoms with Crippen LogP contribution in [-0.4, -0.2) is 35.0 Å². The van der Waals surface area contributed by atoms with E-state index in [1.165, 1.54) is 0 Å². The fourth-order valence-corrected chi connectivity index (χ4v) is 4.50. The maximum atomic E-state index is 11.8. The third-order valence-corrected chi connectivity index (χ3v) is 5.57. The van der Waals surface area contributed by atoms with Gasteiger partial charge in [0.05, 0.1) is 23.7 Å². The van der Waals surface area contributed by atoms with E-state index in [2.05, 4.69) is 20.1 Å². The van der Waals surface area contributed by atoms with Crippen LogP contribution < -0.4 is 0 Å². The molecule has 19 heavy (non-hydrogen) atoms. The molecule has 7 unspecified atom stereocenters. The average molecular weight is 262 g/mol. The lowest BCUT2D eigenvalue weighted by Gasteiger charge is -2.30. The molecule has 102 valence electrons. The molecule has 1 N–H and O–H groups in total. The minimum Gasteiger partial charge on any atom is -0.458 e. The Kier molecular flexibility index (Phi) is 2.03. The highest BCUT2D eigenvalue weighted by molar-refractivity contribution is 5.91. The predicted molar refractivity (Wildman–Crippen MR) is 67.1 cm³/mol. The molecule has 4 aliphatic rings. The van der Waals surface area contributed by atoms with Gasteiger partial charge in [0.2, 0.25) is 0 Å². The number of rotatable bonds is 0. The van der Waals surface area contributed by atoms with Crippen molar-refractivity contribution < 1.29 is 19.4 Å². The summed E-state index contributed by atoms with van der Waals surface area (Å²) >= 11 is 0. The van der Waals surface area contributed by atoms with Crippen molar-refractivity contribution in [1.82, 2.24) is 0 Å². The topological polar surface area (TPSA) is 59.1 Å². The van der Waals surface area contributed by atoms with Crippen LogP contribution in [0.5, 0.6) is 0 Å². The van der Waals surface area contributed by atoms with Gasteiger partial charge in [-0.25, -0.2) is 4.79 Å². The fraction of sp³-hybridized carbons (Fsp3) is 0.667. The van der Waals surface area contributed by atoms with E-state index in [1.807, 2.05) is 0 Å². The molecule has 4 rings (SSSR count). The van der Waals surface area contributed by atoms with Crippen LogP contribution in [0.25, 0.3) is 0 Å². The first kappa shape index (κ1) is 11.7. The van der Waals surface area contributed by atoms with E-state index in [0.717, 1.165) is 12.0 Å². The number of esters is 1. The molecule has 0 aromatic heterocycles. The van der Waals surface area contributed by atoms with Crippen LogP contribution in [0.15, 0.2) is 24.3 Å². The average Bonchev–Trinajstić information content (AvgIpc) is 2.79. The van der Waals surface area contributed by atoms with Crippen molar-refractivity contribution in [2.24, 2.45) is 17.8 Å². The van der Waals surface area contributed by atoms with Crippen LogP contribution in [0.2, 0.25) is 0 Å². The van der Waals surface area contributed by atoms with Gasteiger partial charge in [-0.3, -0.25) is 0 Å². The number of ether oxygens (including phenoxy) is 2. The van der Waals surface area contributed by atoms with Gasteiger partial charge in [0.25, 0.3) is 0 Å². The van der Waals surface area contributed by atoms with E-state index in [-0.39, 0.29) is 41.5 Å². The number of fused-ring (bicyclic) bond motifs is 5. The van der Waals surface area contributed by atoms with Crippen molar-refractivity contribution in [2.45, 2.75) is 43.7 Å². The van der Waals surface area contributed by atoms with E-state index in [4.69, 9.17) is 9.47 Å². The summed E-state index contributed by atoms with van der Waals surface area (Å²) < 4.78 is 11.3. The zero-order valence-electron chi connectivity index (χ0n) is 11.0. The molecule has 0 aromatic carbocycles. The number of carbonyl (C=O) groups excluding carboxylic acids is 1. The van der Waals surface area contributed by atoms with Gasteiger partial charge < -0.3 is 14.6 Å². The van der Waals surface area contributed by atoms with Crippen LogP contribution in [0.3, 0.4) is 0 Å². The molecule has 2 aliphatic carbocycles. The van der Waals surface area contributed by atoms with E-state index < -0.39 is 6.10 Å². The smallest absolute Gasteiger partial charge is 0.334 e. The Morgan fingerprint density at radius 3 is 2.89 bits per heavy atom. The zero-order valence-corrected chi connectivity index (χ0v) is 11.0. The molecule has 0 bridgehead atoms. The lowest BCUT2D eigenvalue weighted by atomic mass is 9.78. The van der Waals surface area contributed by atoms with Gasteiger partial charge in [0, 0.05) is 11.5 Å². The number of aliphatic hydroxyl groups excluding tert-OH is 1. The van der Waals surface area contributed by atoms with Crippen molar-refractivity contribution in [3.63, 3.8) is 0 Å². The van der Waals surface area contributed by atoms with Crippen molar-refractivity contribution >= 4 is 5.97 Å². The molecule has 2 aliphatic heterocycles. The molecule has 0 spiro atoms. The van der Waals surface area contributed by atoms with Crippen molar-refractivity contribution in [3.8, 4) is 0 Å². The minimum atomic E-state index is -0.622. The van der Waals surface area contributed by atoms with Crippen LogP contribution >= 0.6 is 0 Å². The highest BCUT2D eigenvalue weighted by atomic mass is 16.6. The van der Waals surface area contributed by atoms with Gasteiger partial charge in [-0.15, -0.1) is 0 Å². The molecular formula is C15H18O4. The largest absolute Gasteiger partial charge is 0.458 e. The first-order valence-corrected chi connectivity index (χ1v) is 6.87. The number of carbonyl (C=O) groups is 1. The number of epoxide rings is 1. The molecule has 4 fully saturated rings. The van der Waals surface area contributed by atoms with E-state index in [1.54, 1.807) is 0 Å². The summed E-state index contributed by atoms with van der Waals surface area (Å²) in [6, 6.07) is 0. The second-order valence-corrected chi connectivity index (χ2v) is 6.51. The Balaban J connectivity index is 1.80. The Bertz CT molecular complexity index is 510. The predicted octanol–water partition coefficient (Wildman–Crippen LogP) is 1.20. The third kappa shape index (κ3) is 1.29. The fourth-order valence-electron chi connectivity index (χ4n) is 4.50. The van der Waals surface area contributed by atoms with Gasteiger partial charge in [-0.1, -0.05) is 18.7 Å². The number of hydrogen-bond acceptors (Lipinski definition) is 4. The van der Waals surface area contributed by atoms with Gasteiger partial charge in [-0.05, 0) is 25.7 Å². The quantitative estimate of drug-likeness (QED) is 0.308. The summed E-state index contributed by atoms with van der Waals surface area (Å²) in [5.41, 5.74) is 1.25. The normalized spacial score (nSPS) is 55.2. The Labute approximate surface area is 112 Å². The monoisotopic (exact) mass is 262 g/mol. The van der Waals surface area contributed by atoms with Crippen LogP contribution in [0, 0.1) is 17.8 Å². The summed E-state index contributed by atoms with van der Waals surface area (Å²) in [4.78, 5) is 11.8. The first-order valence-electron chi connectivity index (χ1n) is 6.87. The molecule has 0 radical (unpaired) electrons. The standard InChI is InChI=1S/C15H18O4/c1-6-4-9(16)11-7(2)14(17)18-13(11)12-8(6)5-10-15(12,3)19-10/h8-13,16H,1-2,4-5H2,3H3. The molecule has 0 aromatic rings. The Morgan fingerprint density at radius 1 is 1.42 bits per heavy atom. The maximum absolute atomic E-state index is 11.8. The van der Waals surface area contributed by atoms with E-state index in [0.29, 0.717) is 12.0 Å². The summed E-state index contributed by atoms with van der Waals surface area (Å²) in [5.74, 6) is -0.283. The second-order valence-electron chi connectivity index (χ2n) is 6.51. The van der Waals surface area contributed by atoms with Gasteiger partial charge in [0.15, 0.2) is 0 Å². The molecule has 0 amide bonds. The summed E-state index contributed by atoms with van der Waals surface area (Å²) in [6.07, 6.45) is 0.781. The van der Waals surface area contributed by atoms with Gasteiger partial charge in [0.1, 0.15) is 6.10 Å². The molecular weight excluding hydrogens is 244 g/mol. The number of aliphatic hydroxyl groups is 1. The SMILES string of the molecule is C=C1CC(O)C2C(=C)C(=O)OC2C2C1CC1OC12C. The second kappa shape index (κ2) is 3.30. The lowest BCUT2D eigenvalue weighted by molar-refractivity contribution is -0.143. The van der Waals surface area contributed by atoms with Gasteiger partial charge >= 0.3 is 5.97 Å². The van der Waals surface area contributed by atoms with Crippen LogP contribution in [0.4, 0.5) is 0 Å². The lowest BCUT2D eigenvalue weighted by Crippen LogP contribution is -2.39. The van der Waals surface area contributed by atoms with E-state index >= 15 is 0 Å². The Morgan fingerprint density at radius 2 is 2.16 bits per heavy atom. The van der Waals surface area contributed by atoms with Crippen molar-refractivity contribution in [1.29, 1.82) is 0 Å². The van der Waals surface area contributed by atoms with Crippen LogP contribution in [0.1, 0.15) is 19.8 Å². The highest BCUT2D eigenvalue weighted by Crippen LogP contribution is 2.63. The summed E-state index contributed by atoms with van der Waals surface area (Å²) in [7, 11) is 0.